The smallest absolute Gasteiger partial charge is 0.381 e. The number of nitrogens with zero attached hydrogens (tertiary/aromatic N) is 1. The maximum absolute atomic E-state index is 11.9. The number of Topliss-reactive ketones (excluding diaryl/α,β-unsaturated/α-hetero) is 1. The highest BCUT2D eigenvalue weighted by atomic mass is 19.4. The van der Waals surface area contributed by atoms with Gasteiger partial charge in [-0.05, 0) is 25.8 Å². The molecule has 0 aromatic carbocycles. The molecule has 0 amide bonds. The summed E-state index contributed by atoms with van der Waals surface area (Å²) in [7, 11) is 0. The van der Waals surface area contributed by atoms with Crippen LogP contribution in [0.5, 0.6) is 0 Å². The van der Waals surface area contributed by atoms with E-state index in [1.807, 2.05) is 0 Å². The Morgan fingerprint density at radius 3 is 2.22 bits per heavy atom. The lowest BCUT2D eigenvalue weighted by molar-refractivity contribution is -0.146. The largest absolute Gasteiger partial charge is 0.401 e. The number of hydrogen-bond donors (Lipinski definition) is 0. The average molecular weight is 267 g/mol. The van der Waals surface area contributed by atoms with E-state index in [0.717, 1.165) is 13.2 Å². The van der Waals surface area contributed by atoms with Gasteiger partial charge in [0.15, 0.2) is 0 Å². The summed E-state index contributed by atoms with van der Waals surface area (Å²) in [5.74, 6) is 0.0738. The molecule has 0 aliphatic carbocycles. The SMILES string of the molecule is C1CCOC1.O=C1CCCN(CC(F)(F)F)CC1. The second-order valence-electron chi connectivity index (χ2n) is 4.60. The van der Waals surface area contributed by atoms with Crippen molar-refractivity contribution in [3.05, 3.63) is 0 Å². The molecule has 106 valence electrons. The monoisotopic (exact) mass is 267 g/mol. The molecular weight excluding hydrogens is 247 g/mol. The Morgan fingerprint density at radius 1 is 1.06 bits per heavy atom. The summed E-state index contributed by atoms with van der Waals surface area (Å²) in [5.41, 5.74) is 0. The first-order valence-corrected chi connectivity index (χ1v) is 6.36. The highest BCUT2D eigenvalue weighted by Gasteiger charge is 2.31. The van der Waals surface area contributed by atoms with Gasteiger partial charge in [0.25, 0.3) is 0 Å². The molecule has 0 aromatic heterocycles. The average Bonchev–Trinajstić information content (AvgIpc) is 2.77. The number of likely N-dealkylation sites (tertiary alicyclic amines) is 1. The summed E-state index contributed by atoms with van der Waals surface area (Å²) in [6, 6.07) is 0. The molecule has 2 rings (SSSR count). The van der Waals surface area contributed by atoms with Gasteiger partial charge in [-0.1, -0.05) is 0 Å². The summed E-state index contributed by atoms with van der Waals surface area (Å²) >= 11 is 0. The molecule has 2 heterocycles. The topological polar surface area (TPSA) is 29.5 Å². The van der Waals surface area contributed by atoms with Gasteiger partial charge in [-0.25, -0.2) is 0 Å². The molecule has 18 heavy (non-hydrogen) atoms. The van der Waals surface area contributed by atoms with Gasteiger partial charge < -0.3 is 4.74 Å². The quantitative estimate of drug-likeness (QED) is 0.730. The second kappa shape index (κ2) is 7.74. The van der Waals surface area contributed by atoms with Crippen LogP contribution in [0.3, 0.4) is 0 Å². The van der Waals surface area contributed by atoms with Crippen LogP contribution in [0.4, 0.5) is 13.2 Å². The van der Waals surface area contributed by atoms with Gasteiger partial charge in [-0.15, -0.1) is 0 Å². The summed E-state index contributed by atoms with van der Waals surface area (Å²) < 4.78 is 40.8. The minimum absolute atomic E-state index is 0.0738. The van der Waals surface area contributed by atoms with Crippen molar-refractivity contribution in [3.8, 4) is 0 Å². The maximum atomic E-state index is 11.9. The van der Waals surface area contributed by atoms with E-state index in [0.29, 0.717) is 19.4 Å². The minimum Gasteiger partial charge on any atom is -0.381 e. The van der Waals surface area contributed by atoms with Crippen molar-refractivity contribution in [2.24, 2.45) is 0 Å². The number of carbonyl (C=O) groups excluding carboxylic acids is 1. The van der Waals surface area contributed by atoms with Crippen molar-refractivity contribution >= 4 is 5.78 Å². The predicted molar refractivity (Wildman–Crippen MR) is 61.4 cm³/mol. The number of ether oxygens (including phenoxy) is 1. The first kappa shape index (κ1) is 15.4. The van der Waals surface area contributed by atoms with Crippen LogP contribution in [-0.4, -0.2) is 49.7 Å². The van der Waals surface area contributed by atoms with Crippen molar-refractivity contribution in [2.45, 2.75) is 38.3 Å². The van der Waals surface area contributed by atoms with E-state index < -0.39 is 12.7 Å². The standard InChI is InChI=1S/C8H12F3NO.C4H8O/c9-8(10,11)6-12-4-1-2-7(13)3-5-12;1-2-4-5-3-1/h1-6H2;1-4H2. The fourth-order valence-corrected chi connectivity index (χ4v) is 1.94. The molecule has 2 aliphatic heterocycles. The molecule has 3 nitrogen and oxygen atoms in total. The van der Waals surface area contributed by atoms with Gasteiger partial charge in [0.05, 0.1) is 6.54 Å². The van der Waals surface area contributed by atoms with Gasteiger partial charge in [-0.3, -0.25) is 9.69 Å². The third-order valence-corrected chi connectivity index (χ3v) is 2.87. The van der Waals surface area contributed by atoms with E-state index in [4.69, 9.17) is 4.74 Å². The molecule has 2 aliphatic rings. The highest BCUT2D eigenvalue weighted by Crippen LogP contribution is 2.18. The van der Waals surface area contributed by atoms with Crippen LogP contribution >= 0.6 is 0 Å². The zero-order valence-electron chi connectivity index (χ0n) is 10.5. The van der Waals surface area contributed by atoms with Gasteiger partial charge in [0, 0.05) is 32.6 Å². The van der Waals surface area contributed by atoms with Crippen molar-refractivity contribution in [2.75, 3.05) is 32.8 Å². The fourth-order valence-electron chi connectivity index (χ4n) is 1.94. The van der Waals surface area contributed by atoms with E-state index >= 15 is 0 Å². The van der Waals surface area contributed by atoms with E-state index in [1.165, 1.54) is 17.7 Å². The van der Waals surface area contributed by atoms with E-state index in [9.17, 15) is 18.0 Å². The van der Waals surface area contributed by atoms with Gasteiger partial charge >= 0.3 is 6.18 Å². The third-order valence-electron chi connectivity index (χ3n) is 2.87. The highest BCUT2D eigenvalue weighted by molar-refractivity contribution is 5.78. The Kier molecular flexibility index (Phi) is 6.63. The number of alkyl halides is 3. The molecule has 0 spiro atoms. The molecule has 0 saturated carbocycles. The van der Waals surface area contributed by atoms with Crippen LogP contribution in [0.2, 0.25) is 0 Å². The van der Waals surface area contributed by atoms with Gasteiger partial charge in [0.1, 0.15) is 5.78 Å². The van der Waals surface area contributed by atoms with E-state index in [1.54, 1.807) is 0 Å². The van der Waals surface area contributed by atoms with E-state index in [-0.39, 0.29) is 18.7 Å². The predicted octanol–water partition coefficient (Wildman–Crippen LogP) is 2.40. The molecule has 0 unspecified atom stereocenters. The van der Waals surface area contributed by atoms with E-state index in [2.05, 4.69) is 0 Å². The van der Waals surface area contributed by atoms with Crippen LogP contribution in [0.15, 0.2) is 0 Å². The lowest BCUT2D eigenvalue weighted by Crippen LogP contribution is -2.34. The summed E-state index contributed by atoms with van der Waals surface area (Å²) in [5, 5.41) is 0. The Hall–Kier alpha value is -0.620. The van der Waals surface area contributed by atoms with Crippen LogP contribution in [0, 0.1) is 0 Å². The van der Waals surface area contributed by atoms with Crippen LogP contribution in [-0.2, 0) is 9.53 Å². The third kappa shape index (κ3) is 7.66. The lowest BCUT2D eigenvalue weighted by Gasteiger charge is -2.20. The first-order valence-electron chi connectivity index (χ1n) is 6.36. The number of halogens is 3. The second-order valence-corrected chi connectivity index (χ2v) is 4.60. The van der Waals surface area contributed by atoms with Crippen molar-refractivity contribution in [3.63, 3.8) is 0 Å². The summed E-state index contributed by atoms with van der Waals surface area (Å²) in [4.78, 5) is 12.2. The molecule has 6 heteroatoms. The molecular formula is C12H20F3NO2. The zero-order valence-corrected chi connectivity index (χ0v) is 10.5. The van der Waals surface area contributed by atoms with Crippen LogP contribution < -0.4 is 0 Å². The lowest BCUT2D eigenvalue weighted by atomic mass is 10.2. The summed E-state index contributed by atoms with van der Waals surface area (Å²) in [6.07, 6.45) is -0.354. The molecule has 0 N–H and O–H groups in total. The molecule has 2 fully saturated rings. The van der Waals surface area contributed by atoms with Crippen molar-refractivity contribution in [1.29, 1.82) is 0 Å². The minimum atomic E-state index is -4.15. The van der Waals surface area contributed by atoms with Crippen molar-refractivity contribution in [1.82, 2.24) is 4.90 Å². The Balaban J connectivity index is 0.000000269. The number of ketones is 1. The molecule has 2 saturated heterocycles. The molecule has 0 radical (unpaired) electrons. The molecule has 0 aromatic rings. The number of carbonyl (C=O) groups is 1. The van der Waals surface area contributed by atoms with Crippen LogP contribution in [0.25, 0.3) is 0 Å². The normalized spacial score (nSPS) is 22.3. The van der Waals surface area contributed by atoms with Crippen LogP contribution in [0.1, 0.15) is 32.1 Å². The van der Waals surface area contributed by atoms with Gasteiger partial charge in [-0.2, -0.15) is 13.2 Å². The first-order chi connectivity index (χ1) is 8.47. The molecule has 0 bridgehead atoms. The number of hydrogen-bond acceptors (Lipinski definition) is 3. The van der Waals surface area contributed by atoms with Gasteiger partial charge in [0.2, 0.25) is 0 Å². The zero-order chi connectivity index (χ0) is 13.4. The maximum Gasteiger partial charge on any atom is 0.401 e. The Bertz CT molecular complexity index is 245. The Morgan fingerprint density at radius 2 is 1.72 bits per heavy atom. The fraction of sp³-hybridized carbons (Fsp3) is 0.917. The van der Waals surface area contributed by atoms with Crippen molar-refractivity contribution < 1.29 is 22.7 Å². The Labute approximate surface area is 105 Å². The summed E-state index contributed by atoms with van der Waals surface area (Å²) in [6.45, 7) is 1.74. The molecule has 0 atom stereocenters. The number of rotatable bonds is 1.